The summed E-state index contributed by atoms with van der Waals surface area (Å²) in [6, 6.07) is 0. The Bertz CT molecular complexity index is 212. The minimum atomic E-state index is 0.313. The molecule has 1 amide bonds. The highest BCUT2D eigenvalue weighted by molar-refractivity contribution is 5.76. The second-order valence-electron chi connectivity index (χ2n) is 5.19. The van der Waals surface area contributed by atoms with E-state index in [0.717, 1.165) is 26.1 Å². The second kappa shape index (κ2) is 6.89. The van der Waals surface area contributed by atoms with Gasteiger partial charge in [0.1, 0.15) is 0 Å². The summed E-state index contributed by atoms with van der Waals surface area (Å²) >= 11 is 0. The summed E-state index contributed by atoms with van der Waals surface area (Å²) in [5.74, 6) is 1.53. The van der Waals surface area contributed by atoms with Crippen molar-refractivity contribution < 1.29 is 4.79 Å². The lowest BCUT2D eigenvalue weighted by Gasteiger charge is -2.28. The monoisotopic (exact) mass is 226 g/mol. The first-order valence-corrected chi connectivity index (χ1v) is 6.58. The van der Waals surface area contributed by atoms with E-state index in [4.69, 9.17) is 0 Å². The number of carbonyl (C=O) groups is 1. The molecule has 16 heavy (non-hydrogen) atoms. The van der Waals surface area contributed by atoms with Crippen molar-refractivity contribution >= 4 is 5.91 Å². The van der Waals surface area contributed by atoms with Crippen LogP contribution in [0.5, 0.6) is 0 Å². The van der Waals surface area contributed by atoms with Crippen molar-refractivity contribution in [1.29, 1.82) is 0 Å². The van der Waals surface area contributed by atoms with E-state index in [-0.39, 0.29) is 0 Å². The maximum Gasteiger partial charge on any atom is 0.222 e. The maximum atomic E-state index is 11.9. The van der Waals surface area contributed by atoms with Crippen LogP contribution >= 0.6 is 0 Å². The lowest BCUT2D eigenvalue weighted by atomic mass is 9.97. The molecular weight excluding hydrogens is 200 g/mol. The third-order valence-electron chi connectivity index (χ3n) is 3.64. The Hall–Kier alpha value is -0.570. The molecule has 1 aliphatic rings. The Morgan fingerprint density at radius 1 is 1.44 bits per heavy atom. The molecule has 0 radical (unpaired) electrons. The Morgan fingerprint density at radius 3 is 2.62 bits per heavy atom. The van der Waals surface area contributed by atoms with Crippen LogP contribution in [-0.2, 0) is 4.79 Å². The van der Waals surface area contributed by atoms with Crippen LogP contribution in [0, 0.1) is 11.8 Å². The first kappa shape index (κ1) is 13.5. The number of nitrogens with zero attached hydrogens (tertiary/aromatic N) is 1. The molecule has 1 heterocycles. The van der Waals surface area contributed by atoms with Crippen molar-refractivity contribution in [3.63, 3.8) is 0 Å². The smallest absolute Gasteiger partial charge is 0.222 e. The molecular formula is C13H26N2O. The highest BCUT2D eigenvalue weighted by Crippen LogP contribution is 2.14. The molecule has 1 saturated heterocycles. The molecule has 0 aromatic carbocycles. The van der Waals surface area contributed by atoms with Gasteiger partial charge in [0.05, 0.1) is 0 Å². The van der Waals surface area contributed by atoms with Crippen LogP contribution in [0.4, 0.5) is 0 Å². The molecule has 1 N–H and O–H groups in total. The van der Waals surface area contributed by atoms with Crippen LogP contribution in [-0.4, -0.2) is 37.5 Å². The SMILES string of the molecule is CCC(C)CC(=O)N(C)CC1CCNCC1. The summed E-state index contributed by atoms with van der Waals surface area (Å²) in [6.07, 6.45) is 4.22. The standard InChI is InChI=1S/C13H26N2O/c1-4-11(2)9-13(16)15(3)10-12-5-7-14-8-6-12/h11-12,14H,4-10H2,1-3H3. The molecule has 1 fully saturated rings. The fourth-order valence-electron chi connectivity index (χ4n) is 2.15. The van der Waals surface area contributed by atoms with Gasteiger partial charge in [-0.25, -0.2) is 0 Å². The van der Waals surface area contributed by atoms with Crippen molar-refractivity contribution in [2.75, 3.05) is 26.7 Å². The van der Waals surface area contributed by atoms with E-state index >= 15 is 0 Å². The van der Waals surface area contributed by atoms with E-state index in [0.29, 0.717) is 24.2 Å². The van der Waals surface area contributed by atoms with Gasteiger partial charge in [0.2, 0.25) is 5.91 Å². The normalized spacial score (nSPS) is 19.4. The zero-order chi connectivity index (χ0) is 12.0. The maximum absolute atomic E-state index is 11.9. The molecule has 1 unspecified atom stereocenters. The van der Waals surface area contributed by atoms with Gasteiger partial charge in [-0.05, 0) is 37.8 Å². The molecule has 1 rings (SSSR count). The fraction of sp³-hybridized carbons (Fsp3) is 0.923. The third kappa shape index (κ3) is 4.52. The van der Waals surface area contributed by atoms with Gasteiger partial charge in [0.25, 0.3) is 0 Å². The van der Waals surface area contributed by atoms with E-state index in [1.807, 2.05) is 11.9 Å². The molecule has 0 bridgehead atoms. The lowest BCUT2D eigenvalue weighted by Crippen LogP contribution is -2.37. The third-order valence-corrected chi connectivity index (χ3v) is 3.64. The average Bonchev–Trinajstić information content (AvgIpc) is 2.30. The highest BCUT2D eigenvalue weighted by Gasteiger charge is 2.18. The van der Waals surface area contributed by atoms with E-state index in [9.17, 15) is 4.79 Å². The highest BCUT2D eigenvalue weighted by atomic mass is 16.2. The summed E-state index contributed by atoms with van der Waals surface area (Å²) < 4.78 is 0. The zero-order valence-corrected chi connectivity index (χ0v) is 11.0. The molecule has 3 heteroatoms. The van der Waals surface area contributed by atoms with Gasteiger partial charge in [0.15, 0.2) is 0 Å². The van der Waals surface area contributed by atoms with Crippen molar-refractivity contribution in [1.82, 2.24) is 10.2 Å². The average molecular weight is 226 g/mol. The van der Waals surface area contributed by atoms with E-state index in [1.165, 1.54) is 12.8 Å². The van der Waals surface area contributed by atoms with Gasteiger partial charge in [-0.2, -0.15) is 0 Å². The van der Waals surface area contributed by atoms with E-state index in [2.05, 4.69) is 19.2 Å². The number of amides is 1. The number of nitrogens with one attached hydrogen (secondary N) is 1. The van der Waals surface area contributed by atoms with Gasteiger partial charge in [-0.15, -0.1) is 0 Å². The van der Waals surface area contributed by atoms with E-state index < -0.39 is 0 Å². The van der Waals surface area contributed by atoms with E-state index in [1.54, 1.807) is 0 Å². The van der Waals surface area contributed by atoms with Crippen molar-refractivity contribution in [2.45, 2.75) is 39.5 Å². The Kier molecular flexibility index (Phi) is 5.81. The molecule has 0 aromatic rings. The van der Waals surface area contributed by atoms with Gasteiger partial charge < -0.3 is 10.2 Å². The summed E-state index contributed by atoms with van der Waals surface area (Å²) in [6.45, 7) is 7.45. The Labute approximate surface area is 99.6 Å². The number of hydrogen-bond acceptors (Lipinski definition) is 2. The summed E-state index contributed by atoms with van der Waals surface area (Å²) in [4.78, 5) is 13.8. The molecule has 0 saturated carbocycles. The second-order valence-corrected chi connectivity index (χ2v) is 5.19. The number of carbonyl (C=O) groups excluding carboxylic acids is 1. The lowest BCUT2D eigenvalue weighted by molar-refractivity contribution is -0.131. The van der Waals surface area contributed by atoms with Crippen LogP contribution in [0.1, 0.15) is 39.5 Å². The first-order chi connectivity index (χ1) is 7.63. The molecule has 0 spiro atoms. The number of piperidine rings is 1. The topological polar surface area (TPSA) is 32.3 Å². The fourth-order valence-corrected chi connectivity index (χ4v) is 2.15. The molecule has 1 aliphatic heterocycles. The van der Waals surface area contributed by atoms with Crippen molar-refractivity contribution in [3.05, 3.63) is 0 Å². The van der Waals surface area contributed by atoms with Crippen molar-refractivity contribution in [3.8, 4) is 0 Å². The minimum Gasteiger partial charge on any atom is -0.345 e. The molecule has 94 valence electrons. The van der Waals surface area contributed by atoms with Gasteiger partial charge in [-0.1, -0.05) is 20.3 Å². The Morgan fingerprint density at radius 2 is 2.06 bits per heavy atom. The molecule has 3 nitrogen and oxygen atoms in total. The van der Waals surface area contributed by atoms with Crippen LogP contribution < -0.4 is 5.32 Å². The summed E-state index contributed by atoms with van der Waals surface area (Å²) in [5, 5.41) is 3.36. The summed E-state index contributed by atoms with van der Waals surface area (Å²) in [7, 11) is 1.95. The van der Waals surface area contributed by atoms with Gasteiger partial charge in [-0.3, -0.25) is 4.79 Å². The number of hydrogen-bond donors (Lipinski definition) is 1. The molecule has 0 aliphatic carbocycles. The van der Waals surface area contributed by atoms with Crippen molar-refractivity contribution in [2.24, 2.45) is 11.8 Å². The molecule has 0 aromatic heterocycles. The molecule has 1 atom stereocenters. The van der Waals surface area contributed by atoms with Gasteiger partial charge in [0, 0.05) is 20.0 Å². The summed E-state index contributed by atoms with van der Waals surface area (Å²) in [5.41, 5.74) is 0. The largest absolute Gasteiger partial charge is 0.345 e. The first-order valence-electron chi connectivity index (χ1n) is 6.58. The van der Waals surface area contributed by atoms with Crippen LogP contribution in [0.25, 0.3) is 0 Å². The zero-order valence-electron chi connectivity index (χ0n) is 11.0. The van der Waals surface area contributed by atoms with Crippen LogP contribution in [0.3, 0.4) is 0 Å². The minimum absolute atomic E-state index is 0.313. The predicted molar refractivity (Wildman–Crippen MR) is 67.3 cm³/mol. The quantitative estimate of drug-likeness (QED) is 0.776. The van der Waals surface area contributed by atoms with Gasteiger partial charge >= 0.3 is 0 Å². The number of rotatable bonds is 5. The predicted octanol–water partition coefficient (Wildman–Crippen LogP) is 1.88. The van der Waals surface area contributed by atoms with Crippen LogP contribution in [0.2, 0.25) is 0 Å². The Balaban J connectivity index is 2.27. The van der Waals surface area contributed by atoms with Crippen LogP contribution in [0.15, 0.2) is 0 Å².